The maximum atomic E-state index is 12.7. The molecule has 0 spiro atoms. The Morgan fingerprint density at radius 1 is 1.05 bits per heavy atom. The molecule has 0 fully saturated rings. The molecule has 110 valence electrons. The van der Waals surface area contributed by atoms with E-state index in [9.17, 15) is 4.79 Å². The summed E-state index contributed by atoms with van der Waals surface area (Å²) in [6, 6.07) is 13.5. The molecule has 1 amide bonds. The van der Waals surface area contributed by atoms with Crippen molar-refractivity contribution in [2.45, 2.75) is 13.1 Å². The summed E-state index contributed by atoms with van der Waals surface area (Å²) < 4.78 is 5.36. The topological polar surface area (TPSA) is 59.2 Å². The molecule has 0 N–H and O–H groups in total. The van der Waals surface area contributed by atoms with Gasteiger partial charge in [-0.15, -0.1) is 0 Å². The lowest BCUT2D eigenvalue weighted by molar-refractivity contribution is 0.0711. The van der Waals surface area contributed by atoms with Gasteiger partial charge < -0.3 is 9.32 Å². The first kappa shape index (κ1) is 14.0. The van der Waals surface area contributed by atoms with Crippen LogP contribution in [0.4, 0.5) is 0 Å². The highest BCUT2D eigenvalue weighted by Gasteiger charge is 2.19. The molecule has 0 unspecified atom stereocenters. The Balaban J connectivity index is 1.84. The van der Waals surface area contributed by atoms with Gasteiger partial charge in [-0.1, -0.05) is 30.3 Å². The molecule has 5 heteroatoms. The van der Waals surface area contributed by atoms with Crippen molar-refractivity contribution in [1.29, 1.82) is 0 Å². The molecule has 22 heavy (non-hydrogen) atoms. The Morgan fingerprint density at radius 3 is 2.59 bits per heavy atom. The van der Waals surface area contributed by atoms with Crippen LogP contribution in [-0.4, -0.2) is 20.8 Å². The predicted molar refractivity (Wildman–Crippen MR) is 80.8 cm³/mol. The highest BCUT2D eigenvalue weighted by atomic mass is 16.3. The van der Waals surface area contributed by atoms with E-state index >= 15 is 0 Å². The van der Waals surface area contributed by atoms with Crippen LogP contribution in [-0.2, 0) is 13.1 Å². The normalized spacial score (nSPS) is 10.4. The number of aromatic nitrogens is 2. The fourth-order valence-corrected chi connectivity index (χ4v) is 2.17. The number of benzene rings is 1. The third-order valence-electron chi connectivity index (χ3n) is 3.21. The molecule has 2 heterocycles. The SMILES string of the molecule is O=C(c1cnccn1)N(Cc1ccccc1)Cc1ccco1. The molecule has 1 aromatic carbocycles. The zero-order valence-corrected chi connectivity index (χ0v) is 11.9. The van der Waals surface area contributed by atoms with Crippen LogP contribution < -0.4 is 0 Å². The summed E-state index contributed by atoms with van der Waals surface area (Å²) in [4.78, 5) is 22.4. The first-order valence-corrected chi connectivity index (χ1v) is 6.94. The average Bonchev–Trinajstić information content (AvgIpc) is 3.08. The van der Waals surface area contributed by atoms with Crippen LogP contribution in [0.1, 0.15) is 21.8 Å². The summed E-state index contributed by atoms with van der Waals surface area (Å²) in [5, 5.41) is 0. The molecule has 0 bridgehead atoms. The van der Waals surface area contributed by atoms with Crippen molar-refractivity contribution in [2.75, 3.05) is 0 Å². The van der Waals surface area contributed by atoms with Crippen LogP contribution in [0.3, 0.4) is 0 Å². The van der Waals surface area contributed by atoms with E-state index in [1.165, 1.54) is 12.4 Å². The molecule has 0 saturated carbocycles. The molecule has 2 aromatic heterocycles. The molecule has 3 rings (SSSR count). The first-order chi connectivity index (χ1) is 10.8. The second-order valence-corrected chi connectivity index (χ2v) is 4.82. The van der Waals surface area contributed by atoms with Gasteiger partial charge in [0.05, 0.1) is 19.0 Å². The first-order valence-electron chi connectivity index (χ1n) is 6.94. The van der Waals surface area contributed by atoms with Crippen LogP contribution in [0.2, 0.25) is 0 Å². The summed E-state index contributed by atoms with van der Waals surface area (Å²) in [6.45, 7) is 0.869. The predicted octanol–water partition coefficient (Wildman–Crippen LogP) is 2.91. The van der Waals surface area contributed by atoms with Crippen molar-refractivity contribution < 1.29 is 9.21 Å². The Morgan fingerprint density at radius 2 is 1.91 bits per heavy atom. The zero-order chi connectivity index (χ0) is 15.2. The van der Waals surface area contributed by atoms with Crippen LogP contribution in [0, 0.1) is 0 Å². The Labute approximate surface area is 128 Å². The van der Waals surface area contributed by atoms with Gasteiger partial charge in [0.15, 0.2) is 0 Å². The van der Waals surface area contributed by atoms with Gasteiger partial charge in [-0.25, -0.2) is 4.98 Å². The number of hydrogen-bond acceptors (Lipinski definition) is 4. The fraction of sp³-hybridized carbons (Fsp3) is 0.118. The fourth-order valence-electron chi connectivity index (χ4n) is 2.17. The molecule has 0 aliphatic rings. The molecular weight excluding hydrogens is 278 g/mol. The Hall–Kier alpha value is -2.95. The van der Waals surface area contributed by atoms with Gasteiger partial charge in [-0.2, -0.15) is 0 Å². The van der Waals surface area contributed by atoms with E-state index in [0.717, 1.165) is 11.3 Å². The molecule has 5 nitrogen and oxygen atoms in total. The van der Waals surface area contributed by atoms with E-state index in [0.29, 0.717) is 18.8 Å². The molecule has 0 aliphatic carbocycles. The lowest BCUT2D eigenvalue weighted by Gasteiger charge is -2.21. The lowest BCUT2D eigenvalue weighted by atomic mass is 10.2. The summed E-state index contributed by atoms with van der Waals surface area (Å²) in [6.07, 6.45) is 6.14. The smallest absolute Gasteiger partial charge is 0.274 e. The Bertz CT molecular complexity index is 712. The minimum Gasteiger partial charge on any atom is -0.467 e. The number of amides is 1. The second-order valence-electron chi connectivity index (χ2n) is 4.82. The third-order valence-corrected chi connectivity index (χ3v) is 3.21. The van der Waals surface area contributed by atoms with Crippen LogP contribution >= 0.6 is 0 Å². The van der Waals surface area contributed by atoms with E-state index in [4.69, 9.17) is 4.42 Å². The lowest BCUT2D eigenvalue weighted by Crippen LogP contribution is -2.30. The number of nitrogens with zero attached hydrogens (tertiary/aromatic N) is 3. The number of furan rings is 1. The maximum absolute atomic E-state index is 12.7. The van der Waals surface area contributed by atoms with Gasteiger partial charge in [-0.05, 0) is 17.7 Å². The molecular formula is C17H15N3O2. The molecule has 3 aromatic rings. The highest BCUT2D eigenvalue weighted by Crippen LogP contribution is 2.13. The highest BCUT2D eigenvalue weighted by molar-refractivity contribution is 5.91. The Kier molecular flexibility index (Phi) is 4.25. The number of rotatable bonds is 5. The minimum atomic E-state index is -0.173. The number of carbonyl (C=O) groups is 1. The molecule has 0 saturated heterocycles. The zero-order valence-electron chi connectivity index (χ0n) is 11.9. The van der Waals surface area contributed by atoms with E-state index in [2.05, 4.69) is 9.97 Å². The van der Waals surface area contributed by atoms with Gasteiger partial charge in [0.25, 0.3) is 5.91 Å². The number of carbonyl (C=O) groups excluding carboxylic acids is 1. The van der Waals surface area contributed by atoms with Gasteiger partial charge in [0.2, 0.25) is 0 Å². The van der Waals surface area contributed by atoms with Gasteiger partial charge in [0.1, 0.15) is 11.5 Å². The van der Waals surface area contributed by atoms with Crippen LogP contribution in [0.15, 0.2) is 71.7 Å². The number of hydrogen-bond donors (Lipinski definition) is 0. The van der Waals surface area contributed by atoms with E-state index in [1.807, 2.05) is 42.5 Å². The largest absolute Gasteiger partial charge is 0.467 e. The van der Waals surface area contributed by atoms with Crippen molar-refractivity contribution in [3.05, 3.63) is 84.3 Å². The van der Waals surface area contributed by atoms with Gasteiger partial charge in [0, 0.05) is 18.9 Å². The van der Waals surface area contributed by atoms with E-state index in [-0.39, 0.29) is 5.91 Å². The van der Waals surface area contributed by atoms with Gasteiger partial charge >= 0.3 is 0 Å². The summed E-state index contributed by atoms with van der Waals surface area (Å²) in [5.41, 5.74) is 1.37. The van der Waals surface area contributed by atoms with Crippen molar-refractivity contribution in [1.82, 2.24) is 14.9 Å². The van der Waals surface area contributed by atoms with E-state index < -0.39 is 0 Å². The summed E-state index contributed by atoms with van der Waals surface area (Å²) >= 11 is 0. The second kappa shape index (κ2) is 6.67. The molecule has 0 atom stereocenters. The quantitative estimate of drug-likeness (QED) is 0.725. The third kappa shape index (κ3) is 3.38. The summed E-state index contributed by atoms with van der Waals surface area (Å²) in [7, 11) is 0. The van der Waals surface area contributed by atoms with Gasteiger partial charge in [-0.3, -0.25) is 9.78 Å². The average molecular weight is 293 g/mol. The van der Waals surface area contributed by atoms with E-state index in [1.54, 1.807) is 17.4 Å². The van der Waals surface area contributed by atoms with Crippen LogP contribution in [0.5, 0.6) is 0 Å². The van der Waals surface area contributed by atoms with Crippen LogP contribution in [0.25, 0.3) is 0 Å². The molecule has 0 aliphatic heterocycles. The monoisotopic (exact) mass is 293 g/mol. The molecule has 0 radical (unpaired) electrons. The van der Waals surface area contributed by atoms with Crippen molar-refractivity contribution in [3.8, 4) is 0 Å². The van der Waals surface area contributed by atoms with Crippen molar-refractivity contribution in [2.24, 2.45) is 0 Å². The standard InChI is InChI=1S/C17H15N3O2/c21-17(16-11-18-8-9-19-16)20(13-15-7-4-10-22-15)12-14-5-2-1-3-6-14/h1-11H,12-13H2. The maximum Gasteiger partial charge on any atom is 0.274 e. The van der Waals surface area contributed by atoms with Crippen molar-refractivity contribution in [3.63, 3.8) is 0 Å². The minimum absolute atomic E-state index is 0.173. The summed E-state index contributed by atoms with van der Waals surface area (Å²) in [5.74, 6) is 0.557. The van der Waals surface area contributed by atoms with Crippen molar-refractivity contribution >= 4 is 5.91 Å².